The van der Waals surface area contributed by atoms with Crippen LogP contribution < -0.4 is 5.32 Å². The molecule has 2 aliphatic heterocycles. The minimum absolute atomic E-state index is 0.197. The summed E-state index contributed by atoms with van der Waals surface area (Å²) in [5.74, 6) is 1.52. The number of nitrogens with one attached hydrogen (secondary N) is 1. The molecule has 0 radical (unpaired) electrons. The highest BCUT2D eigenvalue weighted by Crippen LogP contribution is 2.21. The number of hydrogen-bond donors (Lipinski definition) is 1. The topological polar surface area (TPSA) is 50.2 Å². The molecule has 1 fully saturated rings. The highest BCUT2D eigenvalue weighted by Gasteiger charge is 2.30. The van der Waals surface area contributed by atoms with Crippen LogP contribution in [0.15, 0.2) is 12.4 Å². The van der Waals surface area contributed by atoms with Gasteiger partial charge in [0.05, 0.1) is 6.54 Å². The van der Waals surface area contributed by atoms with E-state index < -0.39 is 0 Å². The molecule has 0 bridgehead atoms. The van der Waals surface area contributed by atoms with Gasteiger partial charge in [-0.25, -0.2) is 4.98 Å². The third-order valence-corrected chi connectivity index (χ3v) is 4.03. The van der Waals surface area contributed by atoms with E-state index in [0.717, 1.165) is 38.3 Å². The summed E-state index contributed by atoms with van der Waals surface area (Å²) < 4.78 is 2.13. The van der Waals surface area contributed by atoms with Crippen molar-refractivity contribution >= 4 is 5.91 Å². The predicted molar refractivity (Wildman–Crippen MR) is 67.8 cm³/mol. The first-order valence-corrected chi connectivity index (χ1v) is 6.76. The van der Waals surface area contributed by atoms with Crippen molar-refractivity contribution in [2.75, 3.05) is 13.1 Å². The molecule has 0 saturated carbocycles. The molecular formula is C13H20N4O. The van der Waals surface area contributed by atoms with E-state index in [1.54, 1.807) is 0 Å². The molecule has 5 nitrogen and oxygen atoms in total. The van der Waals surface area contributed by atoms with Crippen molar-refractivity contribution < 1.29 is 4.79 Å². The Labute approximate surface area is 107 Å². The number of amides is 1. The Morgan fingerprint density at radius 2 is 2.39 bits per heavy atom. The van der Waals surface area contributed by atoms with E-state index in [1.165, 1.54) is 0 Å². The lowest BCUT2D eigenvalue weighted by Crippen LogP contribution is -2.46. The smallest absolute Gasteiger partial charge is 0.226 e. The number of aromatic nitrogens is 2. The average molecular weight is 248 g/mol. The van der Waals surface area contributed by atoms with Gasteiger partial charge in [0.15, 0.2) is 0 Å². The van der Waals surface area contributed by atoms with Gasteiger partial charge in [0.25, 0.3) is 0 Å². The molecule has 2 unspecified atom stereocenters. The fourth-order valence-corrected chi connectivity index (χ4v) is 2.98. The number of rotatable bonds is 1. The third kappa shape index (κ3) is 2.14. The largest absolute Gasteiger partial charge is 0.333 e. The maximum atomic E-state index is 12.5. The number of carbonyl (C=O) groups excluding carboxylic acids is 1. The zero-order valence-corrected chi connectivity index (χ0v) is 10.8. The Kier molecular flexibility index (Phi) is 3.07. The molecule has 0 aliphatic carbocycles. The van der Waals surface area contributed by atoms with Crippen LogP contribution in [0.2, 0.25) is 0 Å². The lowest BCUT2D eigenvalue weighted by Gasteiger charge is -2.34. The number of hydrogen-bond acceptors (Lipinski definition) is 3. The normalized spacial score (nSPS) is 27.9. The van der Waals surface area contributed by atoms with Gasteiger partial charge in [-0.1, -0.05) is 0 Å². The van der Waals surface area contributed by atoms with Gasteiger partial charge in [0.1, 0.15) is 5.82 Å². The first-order chi connectivity index (χ1) is 8.74. The van der Waals surface area contributed by atoms with E-state index in [0.29, 0.717) is 18.5 Å². The lowest BCUT2D eigenvalue weighted by molar-refractivity contribution is -0.138. The van der Waals surface area contributed by atoms with Crippen molar-refractivity contribution in [3.63, 3.8) is 0 Å². The Hall–Kier alpha value is -1.36. The second-order valence-electron chi connectivity index (χ2n) is 5.37. The maximum Gasteiger partial charge on any atom is 0.226 e. The summed E-state index contributed by atoms with van der Waals surface area (Å²) in [6, 6.07) is 0.458. The second-order valence-corrected chi connectivity index (χ2v) is 5.37. The van der Waals surface area contributed by atoms with E-state index in [1.807, 2.05) is 17.3 Å². The number of piperidine rings is 1. The Balaban J connectivity index is 1.67. The first-order valence-electron chi connectivity index (χ1n) is 6.76. The van der Waals surface area contributed by atoms with Crippen LogP contribution in [0.25, 0.3) is 0 Å². The van der Waals surface area contributed by atoms with Gasteiger partial charge in [0, 0.05) is 37.4 Å². The molecule has 3 heterocycles. The molecule has 0 aromatic carbocycles. The molecule has 1 amide bonds. The van der Waals surface area contributed by atoms with E-state index in [4.69, 9.17) is 0 Å². The van der Waals surface area contributed by atoms with Gasteiger partial charge in [-0.3, -0.25) is 4.79 Å². The highest BCUT2D eigenvalue weighted by molar-refractivity contribution is 5.79. The number of imidazole rings is 1. The molecule has 1 aromatic rings. The zero-order chi connectivity index (χ0) is 12.5. The summed E-state index contributed by atoms with van der Waals surface area (Å²) in [6.07, 6.45) is 5.73. The third-order valence-electron chi connectivity index (χ3n) is 4.03. The lowest BCUT2D eigenvalue weighted by atomic mass is 9.92. The maximum absolute atomic E-state index is 12.5. The highest BCUT2D eigenvalue weighted by atomic mass is 16.2. The van der Waals surface area contributed by atoms with Crippen molar-refractivity contribution in [2.24, 2.45) is 5.92 Å². The quantitative estimate of drug-likeness (QED) is 0.792. The van der Waals surface area contributed by atoms with Gasteiger partial charge in [-0.15, -0.1) is 0 Å². The van der Waals surface area contributed by atoms with Gasteiger partial charge < -0.3 is 14.8 Å². The predicted octanol–water partition coefficient (Wildman–Crippen LogP) is 0.613. The molecule has 5 heteroatoms. The van der Waals surface area contributed by atoms with Crippen molar-refractivity contribution in [2.45, 2.75) is 38.9 Å². The van der Waals surface area contributed by atoms with E-state index in [-0.39, 0.29) is 5.92 Å². The van der Waals surface area contributed by atoms with Crippen LogP contribution in [-0.2, 0) is 17.9 Å². The minimum Gasteiger partial charge on any atom is -0.333 e. The molecular weight excluding hydrogens is 228 g/mol. The first kappa shape index (κ1) is 11.7. The molecule has 2 aliphatic rings. The number of nitrogens with zero attached hydrogens (tertiary/aromatic N) is 3. The van der Waals surface area contributed by atoms with Crippen LogP contribution in [0.1, 0.15) is 25.6 Å². The van der Waals surface area contributed by atoms with E-state index in [2.05, 4.69) is 21.8 Å². The molecule has 0 spiro atoms. The van der Waals surface area contributed by atoms with Crippen LogP contribution in [0.3, 0.4) is 0 Å². The fraction of sp³-hybridized carbons (Fsp3) is 0.692. The van der Waals surface area contributed by atoms with Crippen LogP contribution >= 0.6 is 0 Å². The SMILES string of the molecule is CC1CC(C(=O)N2CCn3ccnc3C2)CCN1. The summed E-state index contributed by atoms with van der Waals surface area (Å²) in [5.41, 5.74) is 0. The summed E-state index contributed by atoms with van der Waals surface area (Å²) in [7, 11) is 0. The van der Waals surface area contributed by atoms with Crippen LogP contribution in [-0.4, -0.2) is 39.5 Å². The average Bonchev–Trinajstić information content (AvgIpc) is 2.85. The Bertz CT molecular complexity index is 442. The Morgan fingerprint density at radius 1 is 1.50 bits per heavy atom. The molecule has 98 valence electrons. The van der Waals surface area contributed by atoms with Crippen LogP contribution in [0, 0.1) is 5.92 Å². The molecule has 3 rings (SSSR count). The summed E-state index contributed by atoms with van der Waals surface area (Å²) >= 11 is 0. The van der Waals surface area contributed by atoms with Crippen LogP contribution in [0.4, 0.5) is 0 Å². The monoisotopic (exact) mass is 248 g/mol. The second kappa shape index (κ2) is 4.72. The molecule has 18 heavy (non-hydrogen) atoms. The van der Waals surface area contributed by atoms with Crippen molar-refractivity contribution in [3.8, 4) is 0 Å². The van der Waals surface area contributed by atoms with Crippen molar-refractivity contribution in [1.82, 2.24) is 19.8 Å². The summed E-state index contributed by atoms with van der Waals surface area (Å²) in [5, 5.41) is 3.39. The van der Waals surface area contributed by atoms with Crippen molar-refractivity contribution in [3.05, 3.63) is 18.2 Å². The number of fused-ring (bicyclic) bond motifs is 1. The van der Waals surface area contributed by atoms with Gasteiger partial charge >= 0.3 is 0 Å². The molecule has 1 saturated heterocycles. The summed E-state index contributed by atoms with van der Waals surface area (Å²) in [6.45, 7) is 5.48. The van der Waals surface area contributed by atoms with Crippen molar-refractivity contribution in [1.29, 1.82) is 0 Å². The van der Waals surface area contributed by atoms with Gasteiger partial charge in [-0.05, 0) is 26.3 Å². The number of carbonyl (C=O) groups is 1. The van der Waals surface area contributed by atoms with Gasteiger partial charge in [-0.2, -0.15) is 0 Å². The van der Waals surface area contributed by atoms with E-state index in [9.17, 15) is 4.79 Å². The van der Waals surface area contributed by atoms with E-state index >= 15 is 0 Å². The molecule has 1 N–H and O–H groups in total. The zero-order valence-electron chi connectivity index (χ0n) is 10.8. The molecule has 2 atom stereocenters. The Morgan fingerprint density at radius 3 is 3.22 bits per heavy atom. The summed E-state index contributed by atoms with van der Waals surface area (Å²) in [4.78, 5) is 18.8. The standard InChI is InChI=1S/C13H20N4O/c1-10-8-11(2-3-14-10)13(18)17-7-6-16-5-4-15-12(16)9-17/h4-5,10-11,14H,2-3,6-9H2,1H3. The minimum atomic E-state index is 0.197. The van der Waals surface area contributed by atoms with Crippen LogP contribution in [0.5, 0.6) is 0 Å². The fourth-order valence-electron chi connectivity index (χ4n) is 2.98. The molecule has 1 aromatic heterocycles. The van der Waals surface area contributed by atoms with Gasteiger partial charge in [0.2, 0.25) is 5.91 Å².